The van der Waals surface area contributed by atoms with Crippen LogP contribution in [0.4, 0.5) is 8.78 Å². The lowest BCUT2D eigenvalue weighted by atomic mass is 10.0. The second-order valence-electron chi connectivity index (χ2n) is 5.76. The highest BCUT2D eigenvalue weighted by Gasteiger charge is 2.34. The third-order valence-corrected chi connectivity index (χ3v) is 7.17. The lowest BCUT2D eigenvalue weighted by Gasteiger charge is -2.18. The van der Waals surface area contributed by atoms with E-state index in [0.717, 1.165) is 22.2 Å². The van der Waals surface area contributed by atoms with Crippen molar-refractivity contribution in [2.24, 2.45) is 0 Å². The van der Waals surface area contributed by atoms with Crippen LogP contribution in [0.3, 0.4) is 0 Å². The van der Waals surface area contributed by atoms with Crippen LogP contribution in [-0.2, 0) is 11.0 Å². The molecule has 1 unspecified atom stereocenters. The average Bonchev–Trinajstić information content (AvgIpc) is 2.85. The molecule has 1 atom stereocenters. The average molecular weight is 403 g/mol. The first-order valence-electron chi connectivity index (χ1n) is 7.35. The lowest BCUT2D eigenvalue weighted by Crippen LogP contribution is -2.04. The predicted octanol–water partition coefficient (Wildman–Crippen LogP) is 5.60. The van der Waals surface area contributed by atoms with Gasteiger partial charge in [-0.1, -0.05) is 23.7 Å². The molecule has 0 bridgehead atoms. The van der Waals surface area contributed by atoms with E-state index in [4.69, 9.17) is 11.6 Å². The van der Waals surface area contributed by atoms with Crippen LogP contribution in [0.2, 0.25) is 5.02 Å². The van der Waals surface area contributed by atoms with Gasteiger partial charge in [-0.2, -0.15) is 0 Å². The molecule has 0 aliphatic rings. The fourth-order valence-electron chi connectivity index (χ4n) is 2.84. The number of thiophene rings is 1. The van der Waals surface area contributed by atoms with Crippen LogP contribution in [0.1, 0.15) is 21.7 Å². The Labute approximate surface area is 152 Å². The maximum absolute atomic E-state index is 13.4. The summed E-state index contributed by atoms with van der Waals surface area (Å²) in [5.74, 6) is -2.04. The number of fused-ring (bicyclic) bond motifs is 1. The van der Waals surface area contributed by atoms with Crippen LogP contribution in [0.25, 0.3) is 10.1 Å². The maximum Gasteiger partial charge on any atom is 0.334 e. The molecule has 8 heteroatoms. The SMILES string of the molecule is Cc1c(C(Cc2ccc(F)c(F)c2)P(=O)(O)O)sc2cccc(Cl)c12. The van der Waals surface area contributed by atoms with Gasteiger partial charge >= 0.3 is 7.60 Å². The minimum atomic E-state index is -4.54. The zero-order valence-electron chi connectivity index (χ0n) is 13.0. The van der Waals surface area contributed by atoms with Gasteiger partial charge in [0.2, 0.25) is 0 Å². The first-order chi connectivity index (χ1) is 11.7. The summed E-state index contributed by atoms with van der Waals surface area (Å²) in [6, 6.07) is 8.57. The van der Waals surface area contributed by atoms with E-state index in [1.54, 1.807) is 19.1 Å². The van der Waals surface area contributed by atoms with Gasteiger partial charge < -0.3 is 9.79 Å². The molecule has 132 valence electrons. The number of aryl methyl sites for hydroxylation is 1. The Morgan fingerprint density at radius 1 is 1.20 bits per heavy atom. The summed E-state index contributed by atoms with van der Waals surface area (Å²) in [5.41, 5.74) is -0.137. The summed E-state index contributed by atoms with van der Waals surface area (Å²) in [6.07, 6.45) is -0.104. The van der Waals surface area contributed by atoms with Crippen molar-refractivity contribution in [2.75, 3.05) is 0 Å². The minimum absolute atomic E-state index is 0.104. The maximum atomic E-state index is 13.4. The van der Waals surface area contributed by atoms with Crippen molar-refractivity contribution >= 4 is 40.6 Å². The van der Waals surface area contributed by atoms with E-state index in [-0.39, 0.29) is 6.42 Å². The van der Waals surface area contributed by atoms with Crippen molar-refractivity contribution in [3.8, 4) is 0 Å². The Kier molecular flexibility index (Phi) is 5.02. The van der Waals surface area contributed by atoms with Gasteiger partial charge in [-0.25, -0.2) is 8.78 Å². The summed E-state index contributed by atoms with van der Waals surface area (Å²) in [7, 11) is -4.54. The van der Waals surface area contributed by atoms with Crippen LogP contribution in [0.5, 0.6) is 0 Å². The van der Waals surface area contributed by atoms with Gasteiger partial charge in [0.05, 0.1) is 5.66 Å². The summed E-state index contributed by atoms with van der Waals surface area (Å²) in [5, 5.41) is 1.27. The van der Waals surface area contributed by atoms with Crippen LogP contribution in [0.15, 0.2) is 36.4 Å². The summed E-state index contributed by atoms with van der Waals surface area (Å²) in [4.78, 5) is 20.2. The van der Waals surface area contributed by atoms with E-state index in [9.17, 15) is 23.1 Å². The summed E-state index contributed by atoms with van der Waals surface area (Å²) in [6.45, 7) is 1.76. The molecule has 0 saturated carbocycles. The molecule has 2 N–H and O–H groups in total. The molecule has 25 heavy (non-hydrogen) atoms. The smallest absolute Gasteiger partial charge is 0.324 e. The van der Waals surface area contributed by atoms with Gasteiger partial charge in [0.1, 0.15) is 0 Å². The number of halogens is 3. The van der Waals surface area contributed by atoms with Crippen molar-refractivity contribution in [3.05, 3.63) is 69.1 Å². The normalized spacial score (nSPS) is 13.4. The lowest BCUT2D eigenvalue weighted by molar-refractivity contribution is 0.358. The Hall–Kier alpha value is -1.30. The van der Waals surface area contributed by atoms with Gasteiger partial charge in [-0.15, -0.1) is 11.3 Å². The largest absolute Gasteiger partial charge is 0.334 e. The van der Waals surface area contributed by atoms with Crippen molar-refractivity contribution < 1.29 is 23.1 Å². The molecule has 0 saturated heterocycles. The number of benzene rings is 2. The fourth-order valence-corrected chi connectivity index (χ4v) is 5.96. The molecule has 0 aliphatic carbocycles. The first-order valence-corrected chi connectivity index (χ1v) is 10.2. The second kappa shape index (κ2) is 6.78. The molecule has 0 aliphatic heterocycles. The predicted molar refractivity (Wildman–Crippen MR) is 96.4 cm³/mol. The molecule has 1 heterocycles. The Morgan fingerprint density at radius 2 is 1.92 bits per heavy atom. The van der Waals surface area contributed by atoms with Gasteiger partial charge in [0.15, 0.2) is 11.6 Å². The highest BCUT2D eigenvalue weighted by molar-refractivity contribution is 7.52. The minimum Gasteiger partial charge on any atom is -0.324 e. The second-order valence-corrected chi connectivity index (χ2v) is 9.05. The zero-order valence-corrected chi connectivity index (χ0v) is 15.5. The number of hydrogen-bond donors (Lipinski definition) is 2. The molecule has 3 nitrogen and oxygen atoms in total. The van der Waals surface area contributed by atoms with E-state index in [1.807, 2.05) is 6.07 Å². The van der Waals surface area contributed by atoms with E-state index in [1.165, 1.54) is 17.4 Å². The molecule has 0 amide bonds. The third-order valence-electron chi connectivity index (χ3n) is 4.06. The Balaban J connectivity index is 2.11. The molecular weight excluding hydrogens is 389 g/mol. The highest BCUT2D eigenvalue weighted by Crippen LogP contribution is 2.57. The number of hydrogen-bond acceptors (Lipinski definition) is 2. The fraction of sp³-hybridized carbons (Fsp3) is 0.176. The topological polar surface area (TPSA) is 57.5 Å². The van der Waals surface area contributed by atoms with Crippen molar-refractivity contribution in [1.82, 2.24) is 0 Å². The van der Waals surface area contributed by atoms with E-state index in [2.05, 4.69) is 0 Å². The Morgan fingerprint density at radius 3 is 2.52 bits per heavy atom. The molecule has 0 radical (unpaired) electrons. The third kappa shape index (κ3) is 3.64. The van der Waals surface area contributed by atoms with Gasteiger partial charge in [0, 0.05) is 20.0 Å². The molecule has 3 aromatic rings. The van der Waals surface area contributed by atoms with Crippen molar-refractivity contribution in [3.63, 3.8) is 0 Å². The van der Waals surface area contributed by atoms with Crippen LogP contribution >= 0.6 is 30.5 Å². The quantitative estimate of drug-likeness (QED) is 0.558. The summed E-state index contributed by atoms with van der Waals surface area (Å²) < 4.78 is 39.5. The van der Waals surface area contributed by atoms with Crippen LogP contribution in [-0.4, -0.2) is 9.79 Å². The van der Waals surface area contributed by atoms with Gasteiger partial charge in [0.25, 0.3) is 0 Å². The van der Waals surface area contributed by atoms with E-state index >= 15 is 0 Å². The molecule has 1 aromatic heterocycles. The highest BCUT2D eigenvalue weighted by atomic mass is 35.5. The monoisotopic (exact) mass is 402 g/mol. The van der Waals surface area contributed by atoms with Crippen molar-refractivity contribution in [2.45, 2.75) is 19.0 Å². The molecular formula is C17H14ClF2O3PS. The standard InChI is InChI=1S/C17H14ClF2O3PS/c1-9-16-11(18)3-2-4-15(16)25-17(9)14(24(21,22)23)8-10-5-6-12(19)13(20)7-10/h2-7,14H,8H2,1H3,(H2,21,22,23). The molecule has 0 fully saturated rings. The van der Waals surface area contributed by atoms with E-state index in [0.29, 0.717) is 21.0 Å². The molecule has 3 rings (SSSR count). The summed E-state index contributed by atoms with van der Waals surface area (Å²) >= 11 is 7.47. The van der Waals surface area contributed by atoms with Crippen LogP contribution in [0, 0.1) is 18.6 Å². The first kappa shape index (κ1) is 18.5. The van der Waals surface area contributed by atoms with Crippen molar-refractivity contribution in [1.29, 1.82) is 0 Å². The number of rotatable bonds is 4. The van der Waals surface area contributed by atoms with Gasteiger partial charge in [-0.05, 0) is 48.7 Å². The molecule has 2 aromatic carbocycles. The Bertz CT molecular complexity index is 999. The van der Waals surface area contributed by atoms with E-state index < -0.39 is 24.9 Å². The van der Waals surface area contributed by atoms with Crippen LogP contribution < -0.4 is 0 Å². The van der Waals surface area contributed by atoms with Gasteiger partial charge in [-0.3, -0.25) is 4.57 Å². The zero-order chi connectivity index (χ0) is 18.4. The molecule has 0 spiro atoms.